The Kier molecular flexibility index (Phi) is 8.65. The molecular weight excluding hydrogens is 366 g/mol. The second kappa shape index (κ2) is 11.2. The zero-order chi connectivity index (χ0) is 19.5. The Bertz CT molecular complexity index is 759. The van der Waals surface area contributed by atoms with E-state index in [1.807, 2.05) is 24.3 Å². The lowest BCUT2D eigenvalue weighted by Gasteiger charge is -2.10. The zero-order valence-corrected chi connectivity index (χ0v) is 16.1. The Morgan fingerprint density at radius 3 is 2.63 bits per heavy atom. The van der Waals surface area contributed by atoms with Gasteiger partial charge < -0.3 is 14.6 Å². The lowest BCUT2D eigenvalue weighted by Crippen LogP contribution is -2.02. The lowest BCUT2D eigenvalue weighted by atomic mass is 10.1. The van der Waals surface area contributed by atoms with Gasteiger partial charge in [-0.15, -0.1) is 11.6 Å². The van der Waals surface area contributed by atoms with E-state index in [1.165, 1.54) is 5.56 Å². The third-order valence-electron chi connectivity index (χ3n) is 3.93. The van der Waals surface area contributed by atoms with E-state index >= 15 is 0 Å². The highest BCUT2D eigenvalue weighted by atomic mass is 35.5. The molecule has 0 atom stereocenters. The largest absolute Gasteiger partial charge is 0.497 e. The number of methoxy groups -OCH3 is 1. The number of carboxylic acids is 1. The van der Waals surface area contributed by atoms with E-state index < -0.39 is 5.97 Å². The molecule has 0 bridgehead atoms. The number of carboxylic acid groups (broad SMARTS) is 1. The number of ether oxygens (including phenoxy) is 2. The molecule has 144 valence electrons. The Labute approximate surface area is 164 Å². The van der Waals surface area contributed by atoms with Crippen LogP contribution in [-0.4, -0.2) is 29.8 Å². The molecule has 0 saturated carbocycles. The van der Waals surface area contributed by atoms with Gasteiger partial charge in [-0.2, -0.15) is 0 Å². The van der Waals surface area contributed by atoms with Crippen LogP contribution < -0.4 is 9.47 Å². The van der Waals surface area contributed by atoms with Crippen LogP contribution in [0, 0.1) is 0 Å². The Hall–Kier alpha value is -2.53. The molecule has 0 unspecified atom stereocenters. The van der Waals surface area contributed by atoms with E-state index in [0.717, 1.165) is 30.7 Å². The van der Waals surface area contributed by atoms with E-state index in [-0.39, 0.29) is 6.42 Å². The number of hydrogen-bond acceptors (Lipinski definition) is 4. The van der Waals surface area contributed by atoms with Crippen molar-refractivity contribution >= 4 is 23.6 Å². The van der Waals surface area contributed by atoms with E-state index in [9.17, 15) is 4.79 Å². The normalized spacial score (nSPS) is 10.9. The molecule has 0 amide bonds. The first kappa shape index (κ1) is 20.8. The van der Waals surface area contributed by atoms with Gasteiger partial charge in [0, 0.05) is 0 Å². The molecule has 5 nitrogen and oxygen atoms in total. The number of nitrogens with zero attached hydrogens (tertiary/aromatic N) is 1. The van der Waals surface area contributed by atoms with Crippen LogP contribution in [0.25, 0.3) is 6.08 Å². The van der Waals surface area contributed by atoms with Crippen LogP contribution in [0.5, 0.6) is 11.5 Å². The molecule has 0 aliphatic heterocycles. The topological polar surface area (TPSA) is 68.7 Å². The number of carbonyl (C=O) groups is 1. The average Bonchev–Trinajstić information content (AvgIpc) is 2.68. The number of unbranched alkanes of at least 4 members (excludes halogenated alkanes) is 1. The molecule has 1 aromatic carbocycles. The number of halogens is 1. The number of alkyl halides is 1. The fourth-order valence-electron chi connectivity index (χ4n) is 2.50. The molecule has 0 aliphatic carbocycles. The number of aromatic nitrogens is 1. The third-order valence-corrected chi connectivity index (χ3v) is 4.20. The highest BCUT2D eigenvalue weighted by Gasteiger charge is 2.05. The second-order valence-corrected chi connectivity index (χ2v) is 6.24. The standard InChI is InChI=1S/C21H24ClNO4/c1-26-18-11-8-16(9-12-18)5-2-3-14-27-20-13-10-17(15-22)23-19(20)6-4-7-21(24)25/h4,6,8-13H,2-3,5,7,14-15H2,1H3,(H,24,25). The zero-order valence-electron chi connectivity index (χ0n) is 15.4. The van der Waals surface area contributed by atoms with Gasteiger partial charge in [0.2, 0.25) is 0 Å². The summed E-state index contributed by atoms with van der Waals surface area (Å²) in [5.41, 5.74) is 2.59. The quantitative estimate of drug-likeness (QED) is 0.445. The predicted molar refractivity (Wildman–Crippen MR) is 107 cm³/mol. The van der Waals surface area contributed by atoms with Crippen molar-refractivity contribution in [2.75, 3.05) is 13.7 Å². The highest BCUT2D eigenvalue weighted by Crippen LogP contribution is 2.20. The predicted octanol–water partition coefficient (Wildman–Crippen LogP) is 4.72. The maximum Gasteiger partial charge on any atom is 0.307 e. The smallest absolute Gasteiger partial charge is 0.307 e. The lowest BCUT2D eigenvalue weighted by molar-refractivity contribution is -0.135. The van der Waals surface area contributed by atoms with Crippen molar-refractivity contribution in [1.82, 2.24) is 4.98 Å². The molecule has 2 aromatic rings. The van der Waals surface area contributed by atoms with Crippen molar-refractivity contribution < 1.29 is 19.4 Å². The molecule has 0 saturated heterocycles. The number of hydrogen-bond donors (Lipinski definition) is 1. The van der Waals surface area contributed by atoms with E-state index in [1.54, 1.807) is 19.3 Å². The molecule has 6 heteroatoms. The van der Waals surface area contributed by atoms with E-state index in [4.69, 9.17) is 26.2 Å². The summed E-state index contributed by atoms with van der Waals surface area (Å²) >= 11 is 5.83. The van der Waals surface area contributed by atoms with Crippen molar-refractivity contribution in [1.29, 1.82) is 0 Å². The van der Waals surface area contributed by atoms with Gasteiger partial charge in [0.1, 0.15) is 17.2 Å². The van der Waals surface area contributed by atoms with Gasteiger partial charge in [-0.05, 0) is 55.2 Å². The number of benzene rings is 1. The molecule has 0 spiro atoms. The van der Waals surface area contributed by atoms with E-state index in [2.05, 4.69) is 17.1 Å². The number of pyridine rings is 1. The molecule has 2 rings (SSSR count). The van der Waals surface area contributed by atoms with Gasteiger partial charge in [0.15, 0.2) is 0 Å². The van der Waals surface area contributed by atoms with Gasteiger partial charge in [0.05, 0.1) is 31.7 Å². The van der Waals surface area contributed by atoms with Gasteiger partial charge in [-0.25, -0.2) is 4.98 Å². The number of aryl methyl sites for hydroxylation is 1. The maximum atomic E-state index is 10.7. The molecule has 27 heavy (non-hydrogen) atoms. The van der Waals surface area contributed by atoms with Gasteiger partial charge in [-0.3, -0.25) is 4.79 Å². The minimum Gasteiger partial charge on any atom is -0.497 e. The van der Waals surface area contributed by atoms with Crippen LogP contribution in [0.3, 0.4) is 0 Å². The summed E-state index contributed by atoms with van der Waals surface area (Å²) in [7, 11) is 1.66. The van der Waals surface area contributed by atoms with Crippen LogP contribution in [0.4, 0.5) is 0 Å². The summed E-state index contributed by atoms with van der Waals surface area (Å²) in [6.07, 6.45) is 6.04. The SMILES string of the molecule is COc1ccc(CCCCOc2ccc(CCl)nc2C=CCC(=O)O)cc1. The van der Waals surface area contributed by atoms with Gasteiger partial charge in [-0.1, -0.05) is 18.2 Å². The minimum absolute atomic E-state index is 0.0614. The first-order valence-corrected chi connectivity index (χ1v) is 9.35. The first-order chi connectivity index (χ1) is 13.1. The van der Waals surface area contributed by atoms with E-state index in [0.29, 0.717) is 23.9 Å². The molecule has 1 heterocycles. The second-order valence-electron chi connectivity index (χ2n) is 5.97. The molecule has 1 N–H and O–H groups in total. The number of aliphatic carboxylic acids is 1. The van der Waals surface area contributed by atoms with Crippen molar-refractivity contribution in [2.45, 2.75) is 31.6 Å². The van der Waals surface area contributed by atoms with Crippen LogP contribution in [-0.2, 0) is 17.1 Å². The van der Waals surface area contributed by atoms with Gasteiger partial charge in [0.25, 0.3) is 0 Å². The summed E-state index contributed by atoms with van der Waals surface area (Å²) < 4.78 is 11.0. The highest BCUT2D eigenvalue weighted by molar-refractivity contribution is 6.16. The van der Waals surface area contributed by atoms with Crippen LogP contribution >= 0.6 is 11.6 Å². The summed E-state index contributed by atoms with van der Waals surface area (Å²) in [4.78, 5) is 15.1. The molecule has 0 fully saturated rings. The van der Waals surface area contributed by atoms with Crippen LogP contribution in [0.15, 0.2) is 42.5 Å². The summed E-state index contributed by atoms with van der Waals surface area (Å²) in [5.74, 6) is 0.899. The van der Waals surface area contributed by atoms with Crippen molar-refractivity contribution in [2.24, 2.45) is 0 Å². The Balaban J connectivity index is 1.84. The Morgan fingerprint density at radius 1 is 1.19 bits per heavy atom. The summed E-state index contributed by atoms with van der Waals surface area (Å²) in [6.45, 7) is 0.567. The van der Waals surface area contributed by atoms with Crippen molar-refractivity contribution in [3.63, 3.8) is 0 Å². The molecule has 0 aliphatic rings. The molecule has 0 radical (unpaired) electrons. The van der Waals surface area contributed by atoms with Crippen LogP contribution in [0.1, 0.15) is 36.2 Å². The summed E-state index contributed by atoms with van der Waals surface area (Å²) in [5, 5.41) is 8.75. The minimum atomic E-state index is -0.888. The Morgan fingerprint density at radius 2 is 1.96 bits per heavy atom. The first-order valence-electron chi connectivity index (χ1n) is 8.82. The number of rotatable bonds is 11. The average molecular weight is 390 g/mol. The molecular formula is C21H24ClNO4. The fraction of sp³-hybridized carbons (Fsp3) is 0.333. The van der Waals surface area contributed by atoms with Crippen molar-refractivity contribution in [3.05, 3.63) is 59.4 Å². The third kappa shape index (κ3) is 7.31. The monoisotopic (exact) mass is 389 g/mol. The van der Waals surface area contributed by atoms with Crippen LogP contribution in [0.2, 0.25) is 0 Å². The summed E-state index contributed by atoms with van der Waals surface area (Å²) in [6, 6.07) is 11.7. The fourth-order valence-corrected chi connectivity index (χ4v) is 2.65. The maximum absolute atomic E-state index is 10.7. The molecule has 1 aromatic heterocycles. The van der Waals surface area contributed by atoms with Gasteiger partial charge >= 0.3 is 5.97 Å². The van der Waals surface area contributed by atoms with Crippen molar-refractivity contribution in [3.8, 4) is 11.5 Å².